The van der Waals surface area contributed by atoms with Crippen molar-refractivity contribution in [2.75, 3.05) is 0 Å². The Morgan fingerprint density at radius 3 is 1.93 bits per heavy atom. The summed E-state index contributed by atoms with van der Waals surface area (Å²) in [7, 11) is -1.25. The fourth-order valence-electron chi connectivity index (χ4n) is 9.85. The summed E-state index contributed by atoms with van der Waals surface area (Å²) in [5.74, 6) is 1.34. The maximum Gasteiger partial charge on any atom is 0.121 e. The molecule has 0 N–H and O–H groups in total. The zero-order chi connectivity index (χ0) is 46.7. The van der Waals surface area contributed by atoms with Gasteiger partial charge in [0.05, 0.1) is 30.5 Å². The smallest absolute Gasteiger partial charge is 0.121 e. The van der Waals surface area contributed by atoms with Gasteiger partial charge in [0, 0.05) is 42.8 Å². The first kappa shape index (κ1) is 45.8. The van der Waals surface area contributed by atoms with Gasteiger partial charge in [-0.3, -0.25) is 4.98 Å². The van der Waals surface area contributed by atoms with Crippen molar-refractivity contribution in [3.63, 3.8) is 0 Å². The number of aromatic nitrogens is 3. The van der Waals surface area contributed by atoms with Crippen LogP contribution in [0.2, 0.25) is 19.6 Å². The van der Waals surface area contributed by atoms with E-state index in [1.165, 1.54) is 65.4 Å². The molecular weight excluding hydrogens is 1040 g/mol. The Bertz CT molecular complexity index is 3820. The van der Waals surface area contributed by atoms with Crippen LogP contribution >= 0.6 is 0 Å². The average Bonchev–Trinajstić information content (AvgIpc) is 3.94. The second-order valence-electron chi connectivity index (χ2n) is 19.6. The van der Waals surface area contributed by atoms with Crippen molar-refractivity contribution in [2.45, 2.75) is 59.2 Å². The number of pyridine rings is 1. The molecule has 0 spiro atoms. The van der Waals surface area contributed by atoms with E-state index in [1.54, 1.807) is 0 Å². The fourth-order valence-corrected chi connectivity index (χ4v) is 11.0. The SMILES string of the molecule is CC(C)c1cc(-c2ccccc2)cc(C(C)C)c1-n1c(-c2[c-]ccc3c2oc2cc4c(ccc5ccccc54)cc23)nc2ccc3ccccc3c21.C[Si](C)(C)c1ccnc(-c2[c-]cccc2)c1.[Ir]. The first-order valence-electron chi connectivity index (χ1n) is 23.8. The van der Waals surface area contributed by atoms with Crippen LogP contribution in [0, 0.1) is 12.1 Å². The van der Waals surface area contributed by atoms with E-state index in [9.17, 15) is 0 Å². The van der Waals surface area contributed by atoms with E-state index in [0.717, 1.165) is 55.6 Å². The molecule has 1 radical (unpaired) electrons. The molecule has 4 nitrogen and oxygen atoms in total. The van der Waals surface area contributed by atoms with Crippen LogP contribution < -0.4 is 5.19 Å². The van der Waals surface area contributed by atoms with Crippen LogP contribution in [0.3, 0.4) is 0 Å². The molecule has 0 atom stereocenters. The zero-order valence-electron chi connectivity index (χ0n) is 40.1. The van der Waals surface area contributed by atoms with Crippen molar-refractivity contribution >= 4 is 78.5 Å². The first-order valence-corrected chi connectivity index (χ1v) is 27.3. The van der Waals surface area contributed by atoms with E-state index < -0.39 is 8.07 Å². The summed E-state index contributed by atoms with van der Waals surface area (Å²) < 4.78 is 9.35. The van der Waals surface area contributed by atoms with E-state index in [4.69, 9.17) is 9.40 Å². The summed E-state index contributed by atoms with van der Waals surface area (Å²) in [6.07, 6.45) is 1.91. The first-order chi connectivity index (χ1) is 33.0. The molecule has 0 bridgehead atoms. The topological polar surface area (TPSA) is 43.9 Å². The monoisotopic (exact) mass is 1090 g/mol. The van der Waals surface area contributed by atoms with E-state index in [-0.39, 0.29) is 31.9 Å². The second-order valence-corrected chi connectivity index (χ2v) is 24.7. The van der Waals surface area contributed by atoms with Gasteiger partial charge in [0.15, 0.2) is 0 Å². The van der Waals surface area contributed by atoms with Gasteiger partial charge in [-0.15, -0.1) is 54.1 Å². The van der Waals surface area contributed by atoms with Crippen molar-refractivity contribution in [2.24, 2.45) is 0 Å². The van der Waals surface area contributed by atoms with Crippen LogP contribution in [0.5, 0.6) is 0 Å². The summed E-state index contributed by atoms with van der Waals surface area (Å²) in [4.78, 5) is 9.89. The van der Waals surface area contributed by atoms with E-state index in [2.05, 4.69) is 221 Å². The van der Waals surface area contributed by atoms with Gasteiger partial charge in [-0.1, -0.05) is 167 Å². The molecule has 0 aliphatic heterocycles. The molecule has 0 aliphatic rings. The van der Waals surface area contributed by atoms with Crippen molar-refractivity contribution < 1.29 is 24.5 Å². The van der Waals surface area contributed by atoms with Crippen LogP contribution in [0.1, 0.15) is 50.7 Å². The third-order valence-corrected chi connectivity index (χ3v) is 15.5. The summed E-state index contributed by atoms with van der Waals surface area (Å²) >= 11 is 0. The van der Waals surface area contributed by atoms with E-state index in [1.807, 2.05) is 30.5 Å². The Morgan fingerprint density at radius 2 is 1.22 bits per heavy atom. The van der Waals surface area contributed by atoms with Gasteiger partial charge in [0.1, 0.15) is 5.58 Å². The zero-order valence-corrected chi connectivity index (χ0v) is 43.5. The molecule has 0 unspecified atom stereocenters. The number of furan rings is 1. The van der Waals surface area contributed by atoms with Crippen molar-refractivity contribution in [1.82, 2.24) is 14.5 Å². The van der Waals surface area contributed by atoms with Gasteiger partial charge in [0.25, 0.3) is 0 Å². The molecule has 3 heterocycles. The Hall–Kier alpha value is -6.95. The van der Waals surface area contributed by atoms with Crippen LogP contribution in [-0.4, -0.2) is 22.6 Å². The summed E-state index contributed by atoms with van der Waals surface area (Å²) in [5, 5.41) is 10.8. The molecule has 12 rings (SSSR count). The Balaban J connectivity index is 0.000000277. The Labute approximate surface area is 419 Å². The summed E-state index contributed by atoms with van der Waals surface area (Å²) in [5.41, 5.74) is 12.9. The van der Waals surface area contributed by atoms with Crippen LogP contribution in [-0.2, 0) is 20.1 Å². The summed E-state index contributed by atoms with van der Waals surface area (Å²) in [6, 6.07) is 69.4. The average molecular weight is 1090 g/mol. The predicted octanol–water partition coefficient (Wildman–Crippen LogP) is 16.9. The molecule has 12 aromatic rings. The van der Waals surface area contributed by atoms with Gasteiger partial charge in [-0.25, -0.2) is 0 Å². The fraction of sp³-hybridized carbons (Fsp3) is 0.143. The van der Waals surface area contributed by atoms with Gasteiger partial charge in [0.2, 0.25) is 0 Å². The van der Waals surface area contributed by atoms with Gasteiger partial charge < -0.3 is 14.0 Å². The number of hydrogen-bond acceptors (Lipinski definition) is 3. The predicted molar refractivity (Wildman–Crippen MR) is 290 cm³/mol. The number of nitrogens with zero attached hydrogens (tertiary/aromatic N) is 3. The number of rotatable bonds is 7. The quantitative estimate of drug-likeness (QED) is 0.0907. The normalized spacial score (nSPS) is 11.8. The second kappa shape index (κ2) is 18.5. The molecule has 0 saturated carbocycles. The van der Waals surface area contributed by atoms with Gasteiger partial charge in [-0.05, 0) is 103 Å². The minimum atomic E-state index is -1.25. The van der Waals surface area contributed by atoms with Crippen molar-refractivity contribution in [3.05, 3.63) is 205 Å². The van der Waals surface area contributed by atoms with E-state index >= 15 is 0 Å². The molecule has 9 aromatic carbocycles. The molecule has 3 aromatic heterocycles. The molecule has 6 heteroatoms. The molecule has 69 heavy (non-hydrogen) atoms. The van der Waals surface area contributed by atoms with Crippen molar-refractivity contribution in [3.8, 4) is 39.5 Å². The molecule has 0 amide bonds. The number of benzene rings is 9. The molecule has 0 fully saturated rings. The number of fused-ring (bicyclic) bond motifs is 9. The number of imidazole rings is 1. The van der Waals surface area contributed by atoms with Gasteiger partial charge in [-0.2, -0.15) is 0 Å². The minimum absolute atomic E-state index is 0. The maximum atomic E-state index is 6.92. The van der Waals surface area contributed by atoms with Crippen LogP contribution in [0.25, 0.3) is 105 Å². The van der Waals surface area contributed by atoms with Gasteiger partial charge >= 0.3 is 0 Å². The van der Waals surface area contributed by atoms with Crippen LogP contribution in [0.15, 0.2) is 187 Å². The Kier molecular flexibility index (Phi) is 12.3. The number of hydrogen-bond donors (Lipinski definition) is 0. The van der Waals surface area contributed by atoms with Crippen molar-refractivity contribution in [1.29, 1.82) is 0 Å². The van der Waals surface area contributed by atoms with E-state index in [0.29, 0.717) is 0 Å². The summed E-state index contributed by atoms with van der Waals surface area (Å²) in [6.45, 7) is 16.2. The third-order valence-electron chi connectivity index (χ3n) is 13.4. The standard InChI is InChI=1S/C49H37N2O.C14H16NSi.Ir/c1-29(2)40-26-35(31-13-6-5-7-14-31)27-41(30(3)4)46(40)51-47-37-18-11-9-16-33(37)23-24-44(47)50-49(51)39-20-12-19-38-43-25-34-22-21-32-15-8-10-17-36(32)42(34)28-45(43)52-48(38)39;1-16(2,3)13-9-10-15-14(11-13)12-7-5-4-6-8-12;/h5-19,21-30H,1-4H3;4-7,9-11H,1-3H3;/q2*-1;. The Morgan fingerprint density at radius 1 is 0.551 bits per heavy atom. The van der Waals surface area contributed by atoms with Crippen LogP contribution in [0.4, 0.5) is 0 Å². The minimum Gasteiger partial charge on any atom is -0.501 e. The molecule has 0 saturated heterocycles. The maximum absolute atomic E-state index is 6.92. The molecular formula is C63H53IrN3OSi-2. The molecule has 0 aliphatic carbocycles. The largest absolute Gasteiger partial charge is 0.501 e. The third kappa shape index (κ3) is 8.41. The molecule has 341 valence electrons.